The Morgan fingerprint density at radius 2 is 1.75 bits per heavy atom. The molecule has 4 aromatic heterocycles. The highest BCUT2D eigenvalue weighted by Crippen LogP contribution is 2.39. The fourth-order valence-electron chi connectivity index (χ4n) is 2.83. The van der Waals surface area contributed by atoms with Gasteiger partial charge in [0.2, 0.25) is 5.95 Å². The Labute approximate surface area is 136 Å². The summed E-state index contributed by atoms with van der Waals surface area (Å²) < 4.78 is 12.5. The molecule has 0 aromatic carbocycles. The molecule has 4 heterocycles. The van der Waals surface area contributed by atoms with Crippen molar-refractivity contribution in [2.24, 2.45) is 0 Å². The molecule has 0 aliphatic rings. The normalized spacial score (nSPS) is 11.1. The van der Waals surface area contributed by atoms with Gasteiger partial charge in [-0.1, -0.05) is 0 Å². The Morgan fingerprint density at radius 1 is 0.958 bits per heavy atom. The second-order valence-corrected chi connectivity index (χ2v) is 5.04. The van der Waals surface area contributed by atoms with Crippen molar-refractivity contribution in [1.29, 1.82) is 0 Å². The lowest BCUT2D eigenvalue weighted by molar-refractivity contribution is 0.380. The van der Waals surface area contributed by atoms with Gasteiger partial charge >= 0.3 is 6.01 Å². The molecule has 0 saturated heterocycles. The van der Waals surface area contributed by atoms with Gasteiger partial charge in [0.25, 0.3) is 0 Å². The summed E-state index contributed by atoms with van der Waals surface area (Å²) in [6.45, 7) is 0. The van der Waals surface area contributed by atoms with Gasteiger partial charge in [0, 0.05) is 24.2 Å². The maximum Gasteiger partial charge on any atom is 0.316 e. The first-order valence-corrected chi connectivity index (χ1v) is 7.19. The van der Waals surface area contributed by atoms with E-state index in [2.05, 4.69) is 19.9 Å². The zero-order valence-corrected chi connectivity index (χ0v) is 13.1. The molecule has 4 aromatic rings. The Bertz CT molecular complexity index is 1060. The molecule has 2 N–H and O–H groups in total. The molecular weight excluding hydrogens is 308 g/mol. The minimum absolute atomic E-state index is 0.282. The molecule has 120 valence electrons. The summed E-state index contributed by atoms with van der Waals surface area (Å²) >= 11 is 0. The van der Waals surface area contributed by atoms with Gasteiger partial charge in [0.1, 0.15) is 5.75 Å². The van der Waals surface area contributed by atoms with Gasteiger partial charge in [0.05, 0.1) is 30.8 Å². The summed E-state index contributed by atoms with van der Waals surface area (Å²) in [6.07, 6.45) is 4.96. The lowest BCUT2D eigenvalue weighted by atomic mass is 10.1. The summed E-state index contributed by atoms with van der Waals surface area (Å²) in [6, 6.07) is 5.75. The number of fused-ring (bicyclic) bond motifs is 3. The molecule has 0 spiro atoms. The van der Waals surface area contributed by atoms with Crippen LogP contribution in [0.3, 0.4) is 0 Å². The molecule has 24 heavy (non-hydrogen) atoms. The van der Waals surface area contributed by atoms with Crippen molar-refractivity contribution in [3.8, 4) is 23.0 Å². The van der Waals surface area contributed by atoms with Gasteiger partial charge in [-0.15, -0.1) is 0 Å². The third kappa shape index (κ3) is 1.93. The maximum absolute atomic E-state index is 6.07. The minimum Gasteiger partial charge on any atom is -0.496 e. The Morgan fingerprint density at radius 3 is 2.54 bits per heavy atom. The third-order valence-electron chi connectivity index (χ3n) is 3.81. The molecule has 4 rings (SSSR count). The molecule has 8 nitrogen and oxygen atoms in total. The van der Waals surface area contributed by atoms with Crippen LogP contribution in [-0.4, -0.2) is 38.6 Å². The third-order valence-corrected chi connectivity index (χ3v) is 3.81. The summed E-state index contributed by atoms with van der Waals surface area (Å²) in [5.41, 5.74) is 9.08. The van der Waals surface area contributed by atoms with Crippen LogP contribution in [0.15, 0.2) is 36.8 Å². The monoisotopic (exact) mass is 322 g/mol. The first-order chi connectivity index (χ1) is 11.7. The second-order valence-electron chi connectivity index (χ2n) is 5.04. The van der Waals surface area contributed by atoms with E-state index in [0.717, 1.165) is 16.5 Å². The highest BCUT2D eigenvalue weighted by atomic mass is 16.5. The number of rotatable bonds is 3. The van der Waals surface area contributed by atoms with Crippen LogP contribution in [0.25, 0.3) is 27.8 Å². The summed E-state index contributed by atoms with van der Waals surface area (Å²) in [5, 5.41) is 0.806. The molecular formula is C16H14N6O2. The van der Waals surface area contributed by atoms with Gasteiger partial charge in [0.15, 0.2) is 5.65 Å². The van der Waals surface area contributed by atoms with Gasteiger partial charge in [-0.3, -0.25) is 4.40 Å². The van der Waals surface area contributed by atoms with E-state index in [1.165, 1.54) is 7.11 Å². The van der Waals surface area contributed by atoms with Gasteiger partial charge in [-0.05, 0) is 18.2 Å². The fourth-order valence-corrected chi connectivity index (χ4v) is 2.83. The van der Waals surface area contributed by atoms with E-state index < -0.39 is 0 Å². The zero-order valence-electron chi connectivity index (χ0n) is 13.1. The molecule has 0 bridgehead atoms. The lowest BCUT2D eigenvalue weighted by Crippen LogP contribution is -2.00. The van der Waals surface area contributed by atoms with Gasteiger partial charge < -0.3 is 15.2 Å². The summed E-state index contributed by atoms with van der Waals surface area (Å²) in [7, 11) is 3.14. The van der Waals surface area contributed by atoms with Crippen LogP contribution in [0.5, 0.6) is 11.8 Å². The Kier molecular flexibility index (Phi) is 3.16. The van der Waals surface area contributed by atoms with E-state index >= 15 is 0 Å². The highest BCUT2D eigenvalue weighted by Gasteiger charge is 2.21. The van der Waals surface area contributed by atoms with Crippen molar-refractivity contribution in [1.82, 2.24) is 24.3 Å². The average Bonchev–Trinajstić information content (AvgIpc) is 2.97. The predicted molar refractivity (Wildman–Crippen MR) is 89.0 cm³/mol. The van der Waals surface area contributed by atoms with Crippen LogP contribution in [-0.2, 0) is 0 Å². The quantitative estimate of drug-likeness (QED) is 0.615. The molecule has 0 fully saturated rings. The number of nitrogens with zero attached hydrogens (tertiary/aromatic N) is 5. The van der Waals surface area contributed by atoms with Crippen LogP contribution >= 0.6 is 0 Å². The van der Waals surface area contributed by atoms with Crippen LogP contribution in [0.2, 0.25) is 0 Å². The van der Waals surface area contributed by atoms with Crippen molar-refractivity contribution in [3.05, 3.63) is 36.8 Å². The number of anilines is 1. The van der Waals surface area contributed by atoms with Crippen molar-refractivity contribution in [2.75, 3.05) is 20.0 Å². The molecule has 0 atom stereocenters. The van der Waals surface area contributed by atoms with Crippen LogP contribution < -0.4 is 15.2 Å². The largest absolute Gasteiger partial charge is 0.496 e. The van der Waals surface area contributed by atoms with E-state index in [4.69, 9.17) is 15.2 Å². The van der Waals surface area contributed by atoms with E-state index in [9.17, 15) is 0 Å². The van der Waals surface area contributed by atoms with Crippen molar-refractivity contribution >= 4 is 22.5 Å². The molecule has 0 unspecified atom stereocenters. The highest BCUT2D eigenvalue weighted by molar-refractivity contribution is 6.07. The lowest BCUT2D eigenvalue weighted by Gasteiger charge is -2.05. The predicted octanol–water partition coefficient (Wildman–Crippen LogP) is 1.94. The Balaban J connectivity index is 2.21. The SMILES string of the molecule is COc1nccc(-c2c3c(OC)ccnc3n3c(N)nccc23)n1. The fraction of sp³-hybridized carbons (Fsp3) is 0.125. The number of aromatic nitrogens is 5. The van der Waals surface area contributed by atoms with Crippen molar-refractivity contribution in [2.45, 2.75) is 0 Å². The maximum atomic E-state index is 6.07. The van der Waals surface area contributed by atoms with Crippen LogP contribution in [0.1, 0.15) is 0 Å². The number of methoxy groups -OCH3 is 2. The number of hydrogen-bond donors (Lipinski definition) is 1. The summed E-state index contributed by atoms with van der Waals surface area (Å²) in [5.74, 6) is 1.02. The minimum atomic E-state index is 0.282. The number of pyridine rings is 1. The second kappa shape index (κ2) is 5.34. The standard InChI is InChI=1S/C16H14N6O2/c1-23-11-5-8-18-14-13(11)12(9-3-6-20-16(21-9)24-2)10-4-7-19-15(17)22(10)14/h3-8H,1-2H3,(H2,17,19). The topological polar surface area (TPSA) is 100 Å². The number of hydrogen-bond acceptors (Lipinski definition) is 7. The Hall–Kier alpha value is -3.42. The van der Waals surface area contributed by atoms with Crippen molar-refractivity contribution in [3.63, 3.8) is 0 Å². The number of nitrogen functional groups attached to an aromatic ring is 1. The average molecular weight is 322 g/mol. The van der Waals surface area contributed by atoms with E-state index in [1.54, 1.807) is 42.2 Å². The molecule has 0 aliphatic carbocycles. The number of nitrogens with two attached hydrogens (primary N) is 1. The first-order valence-electron chi connectivity index (χ1n) is 7.19. The van der Waals surface area contributed by atoms with Crippen LogP contribution in [0.4, 0.5) is 5.95 Å². The van der Waals surface area contributed by atoms with Crippen molar-refractivity contribution < 1.29 is 9.47 Å². The van der Waals surface area contributed by atoms with E-state index in [-0.39, 0.29) is 6.01 Å². The number of ether oxygens (including phenoxy) is 2. The smallest absolute Gasteiger partial charge is 0.316 e. The molecule has 0 radical (unpaired) electrons. The zero-order chi connectivity index (χ0) is 16.7. The molecule has 0 saturated carbocycles. The van der Waals surface area contributed by atoms with Gasteiger partial charge in [-0.2, -0.15) is 4.98 Å². The first kappa shape index (κ1) is 14.2. The molecule has 8 heteroatoms. The van der Waals surface area contributed by atoms with Gasteiger partial charge in [-0.25, -0.2) is 15.0 Å². The molecule has 0 aliphatic heterocycles. The summed E-state index contributed by atoms with van der Waals surface area (Å²) in [4.78, 5) is 17.1. The van der Waals surface area contributed by atoms with E-state index in [0.29, 0.717) is 23.0 Å². The van der Waals surface area contributed by atoms with Crippen LogP contribution in [0, 0.1) is 0 Å². The molecule has 0 amide bonds. The van der Waals surface area contributed by atoms with E-state index in [1.807, 2.05) is 6.07 Å².